The summed E-state index contributed by atoms with van der Waals surface area (Å²) in [6, 6.07) is 5.77. The zero-order valence-electron chi connectivity index (χ0n) is 12.3. The van der Waals surface area contributed by atoms with Crippen LogP contribution in [0.25, 0.3) is 0 Å². The average molecular weight is 284 g/mol. The molecule has 1 N–H and O–H groups in total. The van der Waals surface area contributed by atoms with E-state index in [4.69, 9.17) is 11.6 Å². The molecule has 1 aromatic carbocycles. The van der Waals surface area contributed by atoms with Crippen LogP contribution in [-0.2, 0) is 0 Å². The van der Waals surface area contributed by atoms with Gasteiger partial charge in [0.05, 0.1) is 6.10 Å². The minimum Gasteiger partial charge on any atom is -0.388 e. The molecule has 0 aliphatic heterocycles. The monoisotopic (exact) mass is 283 g/mol. The average Bonchev–Trinajstić information content (AvgIpc) is 2.39. The van der Waals surface area contributed by atoms with Crippen LogP contribution in [0.15, 0.2) is 18.2 Å². The fourth-order valence-corrected chi connectivity index (χ4v) is 2.43. The van der Waals surface area contributed by atoms with E-state index in [0.29, 0.717) is 0 Å². The first-order valence-corrected chi connectivity index (χ1v) is 7.62. The number of benzene rings is 1. The predicted molar refractivity (Wildman–Crippen MR) is 82.8 cm³/mol. The third kappa shape index (κ3) is 5.52. The van der Waals surface area contributed by atoms with E-state index in [1.807, 2.05) is 25.1 Å². The van der Waals surface area contributed by atoms with Gasteiger partial charge in [-0.25, -0.2) is 0 Å². The summed E-state index contributed by atoms with van der Waals surface area (Å²) in [6.45, 7) is 9.53. The van der Waals surface area contributed by atoms with Crippen LogP contribution in [-0.4, -0.2) is 29.6 Å². The lowest BCUT2D eigenvalue weighted by Crippen LogP contribution is -2.27. The summed E-state index contributed by atoms with van der Waals surface area (Å²) in [5, 5.41) is 11.0. The maximum atomic E-state index is 10.3. The molecule has 19 heavy (non-hydrogen) atoms. The molecule has 0 aliphatic rings. The highest BCUT2D eigenvalue weighted by molar-refractivity contribution is 6.31. The van der Waals surface area contributed by atoms with E-state index in [9.17, 15) is 5.11 Å². The fraction of sp³-hybridized carbons (Fsp3) is 0.625. The highest BCUT2D eigenvalue weighted by Gasteiger charge is 2.11. The summed E-state index contributed by atoms with van der Waals surface area (Å²) in [5.74, 6) is 0. The molecule has 3 heteroatoms. The Hall–Kier alpha value is -0.570. The smallest absolute Gasteiger partial charge is 0.0802 e. The second-order valence-electron chi connectivity index (χ2n) is 5.15. The van der Waals surface area contributed by atoms with Crippen molar-refractivity contribution in [3.8, 4) is 0 Å². The van der Waals surface area contributed by atoms with Crippen molar-refractivity contribution in [3.05, 3.63) is 34.3 Å². The second kappa shape index (κ2) is 8.57. The van der Waals surface area contributed by atoms with Crippen molar-refractivity contribution in [2.45, 2.75) is 46.1 Å². The Kier molecular flexibility index (Phi) is 7.44. The van der Waals surface area contributed by atoms with E-state index in [2.05, 4.69) is 18.7 Å². The number of rotatable bonds is 8. The summed E-state index contributed by atoms with van der Waals surface area (Å²) in [4.78, 5) is 2.42. The van der Waals surface area contributed by atoms with Crippen molar-refractivity contribution in [2.24, 2.45) is 0 Å². The van der Waals surface area contributed by atoms with Gasteiger partial charge < -0.3 is 10.0 Å². The largest absolute Gasteiger partial charge is 0.388 e. The number of aliphatic hydroxyl groups is 1. The van der Waals surface area contributed by atoms with Crippen molar-refractivity contribution in [1.82, 2.24) is 4.90 Å². The van der Waals surface area contributed by atoms with Crippen LogP contribution < -0.4 is 0 Å². The molecule has 1 aromatic rings. The standard InChI is InChI=1S/C16H26ClNO/c1-4-9-18(10-5-2)11-8-16(19)14-6-7-15(17)13(3)12-14/h6-7,12,16,19H,4-5,8-11H2,1-3H3. The van der Waals surface area contributed by atoms with Crippen LogP contribution in [0.2, 0.25) is 5.02 Å². The fourth-order valence-electron chi connectivity index (χ4n) is 2.31. The van der Waals surface area contributed by atoms with Crippen molar-refractivity contribution in [2.75, 3.05) is 19.6 Å². The maximum absolute atomic E-state index is 10.3. The van der Waals surface area contributed by atoms with Gasteiger partial charge in [0.1, 0.15) is 0 Å². The van der Waals surface area contributed by atoms with Crippen LogP contribution in [0.4, 0.5) is 0 Å². The highest BCUT2D eigenvalue weighted by atomic mass is 35.5. The molecule has 0 aromatic heterocycles. The van der Waals surface area contributed by atoms with Crippen molar-refractivity contribution >= 4 is 11.6 Å². The van der Waals surface area contributed by atoms with E-state index in [1.54, 1.807) is 0 Å². The van der Waals surface area contributed by atoms with E-state index >= 15 is 0 Å². The van der Waals surface area contributed by atoms with Gasteiger partial charge in [0.15, 0.2) is 0 Å². The molecule has 0 saturated carbocycles. The molecule has 108 valence electrons. The first-order valence-electron chi connectivity index (χ1n) is 7.25. The number of halogens is 1. The van der Waals surface area contributed by atoms with Crippen LogP contribution in [0.1, 0.15) is 50.3 Å². The lowest BCUT2D eigenvalue weighted by molar-refractivity contribution is 0.141. The van der Waals surface area contributed by atoms with Crippen LogP contribution in [0.5, 0.6) is 0 Å². The van der Waals surface area contributed by atoms with Gasteiger partial charge >= 0.3 is 0 Å². The lowest BCUT2D eigenvalue weighted by Gasteiger charge is -2.22. The third-order valence-electron chi connectivity index (χ3n) is 3.37. The number of nitrogens with zero attached hydrogens (tertiary/aromatic N) is 1. The molecule has 0 heterocycles. The van der Waals surface area contributed by atoms with Gasteiger partial charge in [-0.05, 0) is 56.5 Å². The van der Waals surface area contributed by atoms with Gasteiger partial charge in [-0.3, -0.25) is 0 Å². The van der Waals surface area contributed by atoms with E-state index in [0.717, 1.165) is 55.0 Å². The minimum absolute atomic E-state index is 0.396. The SMILES string of the molecule is CCCN(CCC)CCC(O)c1ccc(Cl)c(C)c1. The maximum Gasteiger partial charge on any atom is 0.0802 e. The zero-order chi connectivity index (χ0) is 14.3. The van der Waals surface area contributed by atoms with Crippen LogP contribution in [0.3, 0.4) is 0 Å². The van der Waals surface area contributed by atoms with Gasteiger partial charge in [0.25, 0.3) is 0 Å². The number of hydrogen-bond donors (Lipinski definition) is 1. The molecule has 0 amide bonds. The lowest BCUT2D eigenvalue weighted by atomic mass is 10.0. The molecule has 0 saturated heterocycles. The molecule has 1 atom stereocenters. The third-order valence-corrected chi connectivity index (χ3v) is 3.79. The van der Waals surface area contributed by atoms with Crippen LogP contribution >= 0.6 is 11.6 Å². The normalized spacial score (nSPS) is 12.9. The van der Waals surface area contributed by atoms with E-state index < -0.39 is 6.10 Å². The Balaban J connectivity index is 2.53. The van der Waals surface area contributed by atoms with Gasteiger partial charge in [-0.2, -0.15) is 0 Å². The Bertz CT molecular complexity index is 375. The number of aryl methyl sites for hydroxylation is 1. The van der Waals surface area contributed by atoms with E-state index in [-0.39, 0.29) is 0 Å². The Labute approximate surface area is 122 Å². The molecule has 0 spiro atoms. The molecule has 0 fully saturated rings. The van der Waals surface area contributed by atoms with Gasteiger partial charge in [-0.1, -0.05) is 37.6 Å². The minimum atomic E-state index is -0.396. The van der Waals surface area contributed by atoms with Crippen LogP contribution in [0, 0.1) is 6.92 Å². The molecular weight excluding hydrogens is 258 g/mol. The number of hydrogen-bond acceptors (Lipinski definition) is 2. The first-order chi connectivity index (χ1) is 9.08. The van der Waals surface area contributed by atoms with Gasteiger partial charge in [0, 0.05) is 11.6 Å². The molecule has 0 aliphatic carbocycles. The number of aliphatic hydroxyl groups excluding tert-OH is 1. The molecule has 2 nitrogen and oxygen atoms in total. The first kappa shape index (κ1) is 16.5. The molecular formula is C16H26ClNO. The summed E-state index contributed by atoms with van der Waals surface area (Å²) in [5.41, 5.74) is 1.99. The predicted octanol–water partition coefficient (Wildman–Crippen LogP) is 4.19. The Morgan fingerprint density at radius 1 is 1.16 bits per heavy atom. The highest BCUT2D eigenvalue weighted by Crippen LogP contribution is 2.23. The molecule has 0 radical (unpaired) electrons. The Morgan fingerprint density at radius 2 is 1.79 bits per heavy atom. The summed E-state index contributed by atoms with van der Waals surface area (Å²) >= 11 is 6.01. The quantitative estimate of drug-likeness (QED) is 0.773. The zero-order valence-corrected chi connectivity index (χ0v) is 13.1. The summed E-state index contributed by atoms with van der Waals surface area (Å²) in [7, 11) is 0. The molecule has 1 rings (SSSR count). The van der Waals surface area contributed by atoms with Crippen molar-refractivity contribution in [3.63, 3.8) is 0 Å². The topological polar surface area (TPSA) is 23.5 Å². The van der Waals surface area contributed by atoms with Gasteiger partial charge in [-0.15, -0.1) is 0 Å². The Morgan fingerprint density at radius 3 is 2.32 bits per heavy atom. The summed E-state index contributed by atoms with van der Waals surface area (Å²) in [6.07, 6.45) is 2.71. The van der Waals surface area contributed by atoms with E-state index in [1.165, 1.54) is 0 Å². The second-order valence-corrected chi connectivity index (χ2v) is 5.56. The van der Waals surface area contributed by atoms with Gasteiger partial charge in [0.2, 0.25) is 0 Å². The molecule has 1 unspecified atom stereocenters. The summed E-state index contributed by atoms with van der Waals surface area (Å²) < 4.78 is 0. The van der Waals surface area contributed by atoms with Crippen molar-refractivity contribution in [1.29, 1.82) is 0 Å². The molecule has 0 bridgehead atoms. The van der Waals surface area contributed by atoms with Crippen molar-refractivity contribution < 1.29 is 5.11 Å².